The molecule has 5 nitrogen and oxygen atoms in total. The number of morpholine rings is 1. The first-order chi connectivity index (χ1) is 15.5. The maximum Gasteiger partial charge on any atom is 0.237 e. The van der Waals surface area contributed by atoms with Gasteiger partial charge in [-0.25, -0.2) is 0 Å². The van der Waals surface area contributed by atoms with Crippen molar-refractivity contribution in [1.82, 2.24) is 4.90 Å². The maximum atomic E-state index is 13.9. The van der Waals surface area contributed by atoms with E-state index in [4.69, 9.17) is 39.5 Å². The summed E-state index contributed by atoms with van der Waals surface area (Å²) >= 11 is 18.9. The number of benzene rings is 2. The van der Waals surface area contributed by atoms with E-state index in [0.717, 1.165) is 80.7 Å². The van der Waals surface area contributed by atoms with Gasteiger partial charge in [0.1, 0.15) is 0 Å². The number of rotatable bonds is 4. The molecule has 3 heterocycles. The molecule has 3 aliphatic heterocycles. The number of fused-ring (bicyclic) bond motifs is 2. The highest BCUT2D eigenvalue weighted by atomic mass is 35.5. The Hall–Kier alpha value is -1.50. The van der Waals surface area contributed by atoms with Gasteiger partial charge in [-0.05, 0) is 54.8 Å². The zero-order valence-corrected chi connectivity index (χ0v) is 20.1. The summed E-state index contributed by atoms with van der Waals surface area (Å²) in [5.74, 6) is 0.176. The van der Waals surface area contributed by atoms with E-state index in [1.54, 1.807) is 0 Å². The van der Waals surface area contributed by atoms with E-state index in [1.165, 1.54) is 0 Å². The standard InChI is InChI=1S/C24H26Cl3N3O2/c25-17-1-3-18(4-2-17)29-7-5-24(6-8-29)19-15-20(26)21(27)16-22(19)30(23(24)31)10-9-28-11-13-32-14-12-28/h1-4,15-16H,5-14H2. The highest BCUT2D eigenvalue weighted by molar-refractivity contribution is 6.42. The Morgan fingerprint density at radius 1 is 0.875 bits per heavy atom. The first kappa shape index (κ1) is 22.3. The Labute approximate surface area is 203 Å². The minimum absolute atomic E-state index is 0.176. The Morgan fingerprint density at radius 2 is 1.53 bits per heavy atom. The number of anilines is 2. The van der Waals surface area contributed by atoms with Gasteiger partial charge in [-0.15, -0.1) is 0 Å². The first-order valence-corrected chi connectivity index (χ1v) is 12.2. The lowest BCUT2D eigenvalue weighted by Gasteiger charge is -2.39. The summed E-state index contributed by atoms with van der Waals surface area (Å²) in [5.41, 5.74) is 2.53. The number of nitrogens with zero attached hydrogens (tertiary/aromatic N) is 3. The zero-order chi connectivity index (χ0) is 22.3. The topological polar surface area (TPSA) is 36.0 Å². The third-order valence-corrected chi connectivity index (χ3v) is 8.03. The van der Waals surface area contributed by atoms with E-state index in [0.29, 0.717) is 16.6 Å². The molecule has 32 heavy (non-hydrogen) atoms. The summed E-state index contributed by atoms with van der Waals surface area (Å²) in [6.45, 7) is 6.35. The van der Waals surface area contributed by atoms with Gasteiger partial charge in [-0.2, -0.15) is 0 Å². The minimum atomic E-state index is -0.544. The average molecular weight is 495 g/mol. The monoisotopic (exact) mass is 493 g/mol. The van der Waals surface area contributed by atoms with Gasteiger partial charge in [0.05, 0.1) is 28.7 Å². The quantitative estimate of drug-likeness (QED) is 0.608. The molecule has 3 aliphatic rings. The molecule has 1 amide bonds. The molecule has 0 aromatic heterocycles. The highest BCUT2D eigenvalue weighted by Gasteiger charge is 2.52. The molecule has 2 saturated heterocycles. The first-order valence-electron chi connectivity index (χ1n) is 11.1. The second-order valence-corrected chi connectivity index (χ2v) is 9.99. The van der Waals surface area contributed by atoms with Crippen LogP contribution in [0.3, 0.4) is 0 Å². The fourth-order valence-electron chi connectivity index (χ4n) is 5.20. The van der Waals surface area contributed by atoms with E-state index in [9.17, 15) is 4.79 Å². The predicted molar refractivity (Wildman–Crippen MR) is 131 cm³/mol. The van der Waals surface area contributed by atoms with Crippen LogP contribution in [-0.4, -0.2) is 63.3 Å². The van der Waals surface area contributed by atoms with Crippen molar-refractivity contribution in [1.29, 1.82) is 0 Å². The number of ether oxygens (including phenoxy) is 1. The Balaban J connectivity index is 1.39. The summed E-state index contributed by atoms with van der Waals surface area (Å²) in [6, 6.07) is 11.7. The number of carbonyl (C=O) groups is 1. The van der Waals surface area contributed by atoms with Crippen LogP contribution in [0, 0.1) is 0 Å². The molecule has 1 spiro atoms. The molecule has 0 saturated carbocycles. The van der Waals surface area contributed by atoms with Crippen LogP contribution in [0.4, 0.5) is 11.4 Å². The second-order valence-electron chi connectivity index (χ2n) is 8.74. The molecule has 2 aromatic carbocycles. The van der Waals surface area contributed by atoms with Gasteiger partial charge < -0.3 is 14.5 Å². The van der Waals surface area contributed by atoms with Gasteiger partial charge in [-0.3, -0.25) is 9.69 Å². The molecular formula is C24H26Cl3N3O2. The Bertz CT molecular complexity index is 1000. The molecule has 0 atom stereocenters. The molecular weight excluding hydrogens is 469 g/mol. The van der Waals surface area contributed by atoms with Crippen molar-refractivity contribution in [2.45, 2.75) is 18.3 Å². The van der Waals surface area contributed by atoms with Crippen molar-refractivity contribution in [3.8, 4) is 0 Å². The van der Waals surface area contributed by atoms with Crippen LogP contribution < -0.4 is 9.80 Å². The van der Waals surface area contributed by atoms with Gasteiger partial charge in [-0.1, -0.05) is 34.8 Å². The van der Waals surface area contributed by atoms with Gasteiger partial charge in [0, 0.05) is 55.7 Å². The summed E-state index contributed by atoms with van der Waals surface area (Å²) in [7, 11) is 0. The molecule has 0 bridgehead atoms. The highest BCUT2D eigenvalue weighted by Crippen LogP contribution is 2.50. The van der Waals surface area contributed by atoms with Crippen LogP contribution in [0.5, 0.6) is 0 Å². The van der Waals surface area contributed by atoms with Crippen LogP contribution in [0.25, 0.3) is 0 Å². The van der Waals surface area contributed by atoms with E-state index in [1.807, 2.05) is 41.3 Å². The lowest BCUT2D eigenvalue weighted by Crippen LogP contribution is -2.50. The van der Waals surface area contributed by atoms with Crippen molar-refractivity contribution < 1.29 is 9.53 Å². The van der Waals surface area contributed by atoms with Crippen molar-refractivity contribution >= 4 is 52.1 Å². The van der Waals surface area contributed by atoms with Crippen LogP contribution in [0.2, 0.25) is 15.1 Å². The summed E-state index contributed by atoms with van der Waals surface area (Å²) in [5, 5.41) is 1.72. The van der Waals surface area contributed by atoms with Crippen molar-refractivity contribution in [2.75, 3.05) is 62.3 Å². The fraction of sp³-hybridized carbons (Fsp3) is 0.458. The number of carbonyl (C=O) groups excluding carboxylic acids is 1. The predicted octanol–water partition coefficient (Wildman–Crippen LogP) is 4.86. The Kier molecular flexibility index (Phi) is 6.30. The van der Waals surface area contributed by atoms with E-state index >= 15 is 0 Å². The van der Waals surface area contributed by atoms with Crippen LogP contribution >= 0.6 is 34.8 Å². The molecule has 170 valence electrons. The lowest BCUT2D eigenvalue weighted by atomic mass is 9.73. The van der Waals surface area contributed by atoms with Gasteiger partial charge in [0.2, 0.25) is 5.91 Å². The number of amides is 1. The van der Waals surface area contributed by atoms with Crippen LogP contribution in [0.1, 0.15) is 18.4 Å². The van der Waals surface area contributed by atoms with Gasteiger partial charge in [0.15, 0.2) is 0 Å². The molecule has 8 heteroatoms. The molecule has 2 fully saturated rings. The molecule has 0 unspecified atom stereocenters. The smallest absolute Gasteiger partial charge is 0.237 e. The van der Waals surface area contributed by atoms with Crippen molar-refractivity contribution in [3.63, 3.8) is 0 Å². The number of halogens is 3. The number of hydrogen-bond acceptors (Lipinski definition) is 4. The SMILES string of the molecule is O=C1N(CCN2CCOCC2)c2cc(Cl)c(Cl)cc2C12CCN(c1ccc(Cl)cc1)CC2. The number of hydrogen-bond donors (Lipinski definition) is 0. The summed E-state index contributed by atoms with van der Waals surface area (Å²) in [4.78, 5) is 20.5. The third kappa shape index (κ3) is 3.99. The van der Waals surface area contributed by atoms with Crippen molar-refractivity contribution in [2.24, 2.45) is 0 Å². The summed E-state index contributed by atoms with van der Waals surface area (Å²) < 4.78 is 5.45. The average Bonchev–Trinajstić information content (AvgIpc) is 3.02. The Morgan fingerprint density at radius 3 is 2.22 bits per heavy atom. The molecule has 5 rings (SSSR count). The second kappa shape index (κ2) is 9.03. The normalized spacial score (nSPS) is 20.8. The molecule has 0 N–H and O–H groups in total. The maximum absolute atomic E-state index is 13.9. The molecule has 2 aromatic rings. The van der Waals surface area contributed by atoms with E-state index in [-0.39, 0.29) is 5.91 Å². The molecule has 0 radical (unpaired) electrons. The van der Waals surface area contributed by atoms with Crippen LogP contribution in [-0.2, 0) is 14.9 Å². The lowest BCUT2D eigenvalue weighted by molar-refractivity contribution is -0.124. The third-order valence-electron chi connectivity index (χ3n) is 7.05. The van der Waals surface area contributed by atoms with E-state index in [2.05, 4.69) is 9.80 Å². The summed E-state index contributed by atoms with van der Waals surface area (Å²) in [6.07, 6.45) is 1.49. The van der Waals surface area contributed by atoms with Gasteiger partial charge >= 0.3 is 0 Å². The minimum Gasteiger partial charge on any atom is -0.379 e. The largest absolute Gasteiger partial charge is 0.379 e. The van der Waals surface area contributed by atoms with Crippen LogP contribution in [0.15, 0.2) is 36.4 Å². The number of piperidine rings is 1. The molecule has 0 aliphatic carbocycles. The zero-order valence-electron chi connectivity index (χ0n) is 17.8. The van der Waals surface area contributed by atoms with Gasteiger partial charge in [0.25, 0.3) is 0 Å². The fourth-order valence-corrected chi connectivity index (χ4v) is 5.64. The van der Waals surface area contributed by atoms with E-state index < -0.39 is 5.41 Å². The van der Waals surface area contributed by atoms with Crippen molar-refractivity contribution in [3.05, 3.63) is 57.0 Å².